The summed E-state index contributed by atoms with van der Waals surface area (Å²) in [6.45, 7) is 0. The molecule has 1 unspecified atom stereocenters. The first-order valence-electron chi connectivity index (χ1n) is 3.84. The molecule has 0 aromatic rings. The average molecular weight is 249 g/mol. The normalized spacial score (nSPS) is 27.1. The lowest BCUT2D eigenvalue weighted by atomic mass is 10.1. The zero-order chi connectivity index (χ0) is 11.7. The minimum Gasteiger partial charge on any atom is -0.287 e. The van der Waals surface area contributed by atoms with E-state index in [1.54, 1.807) is 0 Å². The van der Waals surface area contributed by atoms with Gasteiger partial charge in [0, 0.05) is 6.42 Å². The van der Waals surface area contributed by atoms with E-state index in [4.69, 9.17) is 11.6 Å². The van der Waals surface area contributed by atoms with Gasteiger partial charge in [-0.3, -0.25) is 4.74 Å². The van der Waals surface area contributed by atoms with Crippen LogP contribution in [0, 0.1) is 0 Å². The molecule has 1 aliphatic rings. The Hall–Kier alpha value is -0.620. The molecule has 0 saturated carbocycles. The molecule has 7 heteroatoms. The average Bonchev–Trinajstić information content (AvgIpc) is 2.00. The topological polar surface area (TPSA) is 9.23 Å². The van der Waals surface area contributed by atoms with Crippen molar-refractivity contribution in [2.75, 3.05) is 0 Å². The van der Waals surface area contributed by atoms with Crippen LogP contribution in [0.25, 0.3) is 0 Å². The van der Waals surface area contributed by atoms with Gasteiger partial charge in [-0.2, -0.15) is 22.0 Å². The molecule has 1 atom stereocenters. The van der Waals surface area contributed by atoms with Gasteiger partial charge in [0.25, 0.3) is 0 Å². The molecule has 1 rings (SSSR count). The largest absolute Gasteiger partial charge is 0.483 e. The van der Waals surface area contributed by atoms with Crippen molar-refractivity contribution in [1.29, 1.82) is 0 Å². The SMILES string of the molecule is FC(F)(F)C(F)(F)OC1(Cl)C=CC=CC1. The lowest BCUT2D eigenvalue weighted by Crippen LogP contribution is -2.45. The van der Waals surface area contributed by atoms with Crippen LogP contribution in [-0.4, -0.2) is 17.3 Å². The number of hydrogen-bond donors (Lipinski definition) is 0. The Morgan fingerprint density at radius 2 is 1.73 bits per heavy atom. The van der Waals surface area contributed by atoms with Gasteiger partial charge in [0.2, 0.25) is 0 Å². The fourth-order valence-corrected chi connectivity index (χ4v) is 1.18. The molecule has 0 N–H and O–H groups in total. The van der Waals surface area contributed by atoms with Gasteiger partial charge in [0.15, 0.2) is 5.06 Å². The molecule has 15 heavy (non-hydrogen) atoms. The Kier molecular flexibility index (Phi) is 3.11. The van der Waals surface area contributed by atoms with Crippen LogP contribution in [0.4, 0.5) is 22.0 Å². The van der Waals surface area contributed by atoms with E-state index in [2.05, 4.69) is 4.74 Å². The highest BCUT2D eigenvalue weighted by Gasteiger charge is 2.62. The molecule has 1 nitrogen and oxygen atoms in total. The van der Waals surface area contributed by atoms with Gasteiger partial charge in [-0.1, -0.05) is 29.8 Å². The van der Waals surface area contributed by atoms with Crippen LogP contribution in [0.2, 0.25) is 0 Å². The van der Waals surface area contributed by atoms with Crippen molar-refractivity contribution in [3.05, 3.63) is 24.3 Å². The highest BCUT2D eigenvalue weighted by atomic mass is 35.5. The molecule has 86 valence electrons. The van der Waals surface area contributed by atoms with Crippen molar-refractivity contribution in [3.8, 4) is 0 Å². The minimum absolute atomic E-state index is 0.253. The summed E-state index contributed by atoms with van der Waals surface area (Å²) >= 11 is 5.43. The van der Waals surface area contributed by atoms with Crippen LogP contribution in [0.15, 0.2) is 24.3 Å². The Labute approximate surface area is 87.2 Å². The van der Waals surface area contributed by atoms with Crippen LogP contribution in [0.1, 0.15) is 6.42 Å². The van der Waals surface area contributed by atoms with Crippen LogP contribution in [0.5, 0.6) is 0 Å². The monoisotopic (exact) mass is 248 g/mol. The Morgan fingerprint density at radius 1 is 1.13 bits per heavy atom. The Bertz CT molecular complexity index is 296. The Balaban J connectivity index is 2.77. The van der Waals surface area contributed by atoms with Crippen molar-refractivity contribution in [1.82, 2.24) is 0 Å². The number of halogens is 6. The van der Waals surface area contributed by atoms with Gasteiger partial charge < -0.3 is 0 Å². The second-order valence-corrected chi connectivity index (χ2v) is 3.53. The molecule has 1 aliphatic carbocycles. The Morgan fingerprint density at radius 3 is 2.13 bits per heavy atom. The number of rotatable bonds is 2. The van der Waals surface area contributed by atoms with Gasteiger partial charge in [-0.25, -0.2) is 0 Å². The summed E-state index contributed by atoms with van der Waals surface area (Å²) in [7, 11) is 0. The predicted molar refractivity (Wildman–Crippen MR) is 43.6 cm³/mol. The van der Waals surface area contributed by atoms with Crippen LogP contribution >= 0.6 is 11.6 Å². The van der Waals surface area contributed by atoms with E-state index in [1.165, 1.54) is 18.2 Å². The summed E-state index contributed by atoms with van der Waals surface area (Å²) in [5, 5.41) is -2.15. The predicted octanol–water partition coefficient (Wildman–Crippen LogP) is 3.61. The maximum absolute atomic E-state index is 12.5. The van der Waals surface area contributed by atoms with E-state index in [1.807, 2.05) is 0 Å². The molecule has 0 bridgehead atoms. The van der Waals surface area contributed by atoms with E-state index < -0.39 is 17.3 Å². The van der Waals surface area contributed by atoms with Gasteiger partial charge in [0.05, 0.1) is 0 Å². The number of ether oxygens (including phenoxy) is 1. The summed E-state index contributed by atoms with van der Waals surface area (Å²) in [5.41, 5.74) is 0. The van der Waals surface area contributed by atoms with Gasteiger partial charge in [-0.15, -0.1) is 0 Å². The smallest absolute Gasteiger partial charge is 0.287 e. The maximum atomic E-state index is 12.5. The standard InChI is InChI=1S/C8H6ClF5O/c9-6(4-2-1-3-5-6)15-8(13,14)7(10,11)12/h1-4H,5H2. The number of alkyl halides is 6. The maximum Gasteiger partial charge on any atom is 0.483 e. The third kappa shape index (κ3) is 2.92. The van der Waals surface area contributed by atoms with E-state index in [-0.39, 0.29) is 6.42 Å². The van der Waals surface area contributed by atoms with E-state index in [0.29, 0.717) is 0 Å². The quantitative estimate of drug-likeness (QED) is 0.536. The second kappa shape index (κ2) is 3.75. The molecule has 0 amide bonds. The number of hydrogen-bond acceptors (Lipinski definition) is 1. The fraction of sp³-hybridized carbons (Fsp3) is 0.500. The molecular weight excluding hydrogens is 243 g/mol. The summed E-state index contributed by atoms with van der Waals surface area (Å²) < 4.78 is 63.9. The summed E-state index contributed by atoms with van der Waals surface area (Å²) in [5.74, 6) is 0. The molecule has 0 aliphatic heterocycles. The summed E-state index contributed by atoms with van der Waals surface area (Å²) in [6.07, 6.45) is -6.31. The summed E-state index contributed by atoms with van der Waals surface area (Å²) in [4.78, 5) is 0. The molecule has 0 saturated heterocycles. The molecular formula is C8H6ClF5O. The van der Waals surface area contributed by atoms with E-state index in [0.717, 1.165) is 6.08 Å². The van der Waals surface area contributed by atoms with Crippen molar-refractivity contribution >= 4 is 11.6 Å². The lowest BCUT2D eigenvalue weighted by Gasteiger charge is -2.30. The van der Waals surface area contributed by atoms with Crippen LogP contribution < -0.4 is 0 Å². The lowest BCUT2D eigenvalue weighted by molar-refractivity contribution is -0.403. The first kappa shape index (κ1) is 12.4. The van der Waals surface area contributed by atoms with Crippen molar-refractivity contribution in [2.24, 2.45) is 0 Å². The van der Waals surface area contributed by atoms with Gasteiger partial charge in [-0.05, 0) is 6.08 Å². The minimum atomic E-state index is -5.77. The van der Waals surface area contributed by atoms with E-state index >= 15 is 0 Å². The highest BCUT2D eigenvalue weighted by Crippen LogP contribution is 2.42. The first-order chi connectivity index (χ1) is 6.66. The third-order valence-corrected chi connectivity index (χ3v) is 1.97. The van der Waals surface area contributed by atoms with Crippen LogP contribution in [-0.2, 0) is 4.74 Å². The number of allylic oxidation sites excluding steroid dienone is 2. The van der Waals surface area contributed by atoms with Gasteiger partial charge in [0.1, 0.15) is 0 Å². The molecule has 0 aromatic heterocycles. The zero-order valence-corrected chi connectivity index (χ0v) is 7.95. The molecule has 0 radical (unpaired) electrons. The highest BCUT2D eigenvalue weighted by molar-refractivity contribution is 6.24. The first-order valence-corrected chi connectivity index (χ1v) is 4.22. The van der Waals surface area contributed by atoms with Crippen molar-refractivity contribution in [3.63, 3.8) is 0 Å². The summed E-state index contributed by atoms with van der Waals surface area (Å²) in [6, 6.07) is 0. The molecule has 0 spiro atoms. The zero-order valence-electron chi connectivity index (χ0n) is 7.19. The van der Waals surface area contributed by atoms with E-state index in [9.17, 15) is 22.0 Å². The fourth-order valence-electron chi connectivity index (χ4n) is 0.921. The molecule has 0 aromatic carbocycles. The van der Waals surface area contributed by atoms with Crippen molar-refractivity contribution < 1.29 is 26.7 Å². The van der Waals surface area contributed by atoms with Crippen LogP contribution in [0.3, 0.4) is 0 Å². The molecule has 0 heterocycles. The van der Waals surface area contributed by atoms with Gasteiger partial charge >= 0.3 is 12.3 Å². The molecule has 0 fully saturated rings. The second-order valence-electron chi connectivity index (χ2n) is 2.89. The third-order valence-electron chi connectivity index (χ3n) is 1.62. The van der Waals surface area contributed by atoms with Crippen molar-refractivity contribution in [2.45, 2.75) is 23.8 Å².